The number of halogens is 1. The highest BCUT2D eigenvalue weighted by Gasteiger charge is 2.20. The Morgan fingerprint density at radius 1 is 1.33 bits per heavy atom. The maximum absolute atomic E-state index is 12.1. The Labute approximate surface area is 134 Å². The number of hydrogen-bond acceptors (Lipinski definition) is 5. The van der Waals surface area contributed by atoms with E-state index in [-0.39, 0.29) is 11.4 Å². The second kappa shape index (κ2) is 7.59. The van der Waals surface area contributed by atoms with E-state index in [1.54, 1.807) is 6.92 Å². The molecule has 0 radical (unpaired) electrons. The smallest absolute Gasteiger partial charge is 0.242 e. The van der Waals surface area contributed by atoms with E-state index < -0.39 is 6.04 Å². The molecule has 1 unspecified atom stereocenters. The summed E-state index contributed by atoms with van der Waals surface area (Å²) in [6.07, 6.45) is 2.48. The first kappa shape index (κ1) is 17.7. The fraction of sp³-hybridized carbons (Fsp3) is 0.643. The van der Waals surface area contributed by atoms with Crippen molar-refractivity contribution in [1.29, 1.82) is 0 Å². The molecule has 0 aliphatic carbocycles. The molecule has 1 atom stereocenters. The zero-order valence-electron chi connectivity index (χ0n) is 13.2. The molecule has 1 heterocycles. The largest absolute Gasteiger partial charge is 0.369 e. The highest BCUT2D eigenvalue weighted by atomic mass is 79.9. The average Bonchev–Trinajstić information content (AvgIpc) is 2.37. The Morgan fingerprint density at radius 2 is 1.95 bits per heavy atom. The second-order valence-corrected chi connectivity index (χ2v) is 6.71. The number of carbonyl (C=O) groups excluding carboxylic acids is 1. The molecule has 1 rings (SSSR count). The average molecular weight is 358 g/mol. The zero-order chi connectivity index (χ0) is 16.0. The van der Waals surface area contributed by atoms with Crippen LogP contribution in [0.15, 0.2) is 10.8 Å². The first-order chi connectivity index (χ1) is 9.74. The van der Waals surface area contributed by atoms with Gasteiger partial charge in [0.05, 0.1) is 0 Å². The lowest BCUT2D eigenvalue weighted by molar-refractivity contribution is -0.122. The van der Waals surface area contributed by atoms with Gasteiger partial charge in [0.25, 0.3) is 0 Å². The van der Waals surface area contributed by atoms with Crippen LogP contribution in [0.1, 0.15) is 41.0 Å². The van der Waals surface area contributed by atoms with Crippen molar-refractivity contribution >= 4 is 33.5 Å². The van der Waals surface area contributed by atoms with Crippen LogP contribution >= 0.6 is 15.9 Å². The van der Waals surface area contributed by atoms with Gasteiger partial charge in [-0.2, -0.15) is 0 Å². The second-order valence-electron chi connectivity index (χ2n) is 5.92. The van der Waals surface area contributed by atoms with E-state index in [2.05, 4.69) is 48.8 Å². The molecule has 0 aliphatic heterocycles. The molecule has 3 N–H and O–H groups in total. The van der Waals surface area contributed by atoms with Crippen molar-refractivity contribution in [3.8, 4) is 0 Å². The summed E-state index contributed by atoms with van der Waals surface area (Å²) in [6.45, 7) is 10.6. The summed E-state index contributed by atoms with van der Waals surface area (Å²) in [5, 5.41) is 9.24. The van der Waals surface area contributed by atoms with E-state index in [1.807, 2.05) is 20.8 Å². The predicted molar refractivity (Wildman–Crippen MR) is 89.5 cm³/mol. The number of aromatic nitrogens is 2. The van der Waals surface area contributed by atoms with Crippen molar-refractivity contribution in [2.24, 2.45) is 0 Å². The van der Waals surface area contributed by atoms with Gasteiger partial charge in [0.15, 0.2) is 0 Å². The molecule has 1 aromatic rings. The van der Waals surface area contributed by atoms with Crippen molar-refractivity contribution in [3.05, 3.63) is 10.8 Å². The van der Waals surface area contributed by atoms with E-state index in [9.17, 15) is 4.79 Å². The molecule has 0 saturated carbocycles. The van der Waals surface area contributed by atoms with Crippen molar-refractivity contribution in [2.45, 2.75) is 52.6 Å². The van der Waals surface area contributed by atoms with Gasteiger partial charge in [-0.15, -0.1) is 0 Å². The fourth-order valence-corrected chi connectivity index (χ4v) is 2.04. The van der Waals surface area contributed by atoms with Crippen molar-refractivity contribution in [1.82, 2.24) is 15.3 Å². The lowest BCUT2D eigenvalue weighted by Gasteiger charge is -2.24. The first-order valence-electron chi connectivity index (χ1n) is 7.07. The number of amides is 1. The summed E-state index contributed by atoms with van der Waals surface area (Å²) < 4.78 is 0.730. The van der Waals surface area contributed by atoms with Crippen LogP contribution < -0.4 is 16.0 Å². The number of carbonyl (C=O) groups is 1. The number of hydrogen-bond donors (Lipinski definition) is 3. The molecule has 7 heteroatoms. The summed E-state index contributed by atoms with van der Waals surface area (Å²) in [5.41, 5.74) is -0.260. The van der Waals surface area contributed by atoms with Gasteiger partial charge in [-0.1, -0.05) is 6.92 Å². The first-order valence-corrected chi connectivity index (χ1v) is 7.87. The molecule has 0 fully saturated rings. The van der Waals surface area contributed by atoms with Crippen LogP contribution in [-0.2, 0) is 4.79 Å². The van der Waals surface area contributed by atoms with Gasteiger partial charge in [0.2, 0.25) is 5.91 Å². The molecule has 0 aliphatic rings. The molecule has 118 valence electrons. The normalized spacial score (nSPS) is 12.7. The number of rotatable bonds is 6. The Bertz CT molecular complexity index is 487. The quantitative estimate of drug-likeness (QED) is 0.729. The third-order valence-corrected chi connectivity index (χ3v) is 3.33. The summed E-state index contributed by atoms with van der Waals surface area (Å²) in [5.74, 6) is 1.24. The van der Waals surface area contributed by atoms with E-state index in [0.29, 0.717) is 5.82 Å². The molecule has 1 amide bonds. The minimum atomic E-state index is -0.394. The van der Waals surface area contributed by atoms with Gasteiger partial charge in [-0.05, 0) is 50.0 Å². The molecule has 1 aromatic heterocycles. The number of nitrogens with one attached hydrogen (secondary N) is 3. The molecular weight excluding hydrogens is 334 g/mol. The summed E-state index contributed by atoms with van der Waals surface area (Å²) in [4.78, 5) is 20.4. The minimum absolute atomic E-state index is 0.0731. The SMILES string of the molecule is CCCNc1ncnc(NC(C)C(=O)NC(C)(C)C)c1Br. The van der Waals surface area contributed by atoms with Crippen molar-refractivity contribution in [2.75, 3.05) is 17.2 Å². The monoisotopic (exact) mass is 357 g/mol. The summed E-state index contributed by atoms with van der Waals surface area (Å²) in [7, 11) is 0. The molecule has 0 spiro atoms. The van der Waals surface area contributed by atoms with Crippen molar-refractivity contribution < 1.29 is 4.79 Å². The number of nitrogens with zero attached hydrogens (tertiary/aromatic N) is 2. The van der Waals surface area contributed by atoms with Gasteiger partial charge in [0, 0.05) is 12.1 Å². The standard InChI is InChI=1S/C14H24BrN5O/c1-6-7-16-11-10(15)12(18-8-17-11)19-9(2)13(21)20-14(3,4)5/h8-9H,6-7H2,1-5H3,(H,20,21)(H2,16,17,18,19). The molecule has 0 bridgehead atoms. The Balaban J connectivity index is 2.76. The van der Waals surface area contributed by atoms with Crippen LogP contribution in [0.2, 0.25) is 0 Å². The minimum Gasteiger partial charge on any atom is -0.369 e. The van der Waals surface area contributed by atoms with Gasteiger partial charge in [-0.25, -0.2) is 9.97 Å². The topological polar surface area (TPSA) is 78.9 Å². The van der Waals surface area contributed by atoms with Crippen LogP contribution in [0.25, 0.3) is 0 Å². The fourth-order valence-electron chi connectivity index (χ4n) is 1.59. The van der Waals surface area contributed by atoms with E-state index >= 15 is 0 Å². The maximum atomic E-state index is 12.1. The predicted octanol–water partition coefficient (Wildman–Crippen LogP) is 2.78. The Kier molecular flexibility index (Phi) is 6.39. The lowest BCUT2D eigenvalue weighted by Crippen LogP contribution is -2.47. The third kappa shape index (κ3) is 5.87. The molecule has 21 heavy (non-hydrogen) atoms. The van der Waals surface area contributed by atoms with Crippen LogP contribution in [-0.4, -0.2) is 34.0 Å². The van der Waals surface area contributed by atoms with Crippen LogP contribution in [0.5, 0.6) is 0 Å². The van der Waals surface area contributed by atoms with Crippen molar-refractivity contribution in [3.63, 3.8) is 0 Å². The van der Waals surface area contributed by atoms with E-state index in [4.69, 9.17) is 0 Å². The molecule has 0 saturated heterocycles. The highest BCUT2D eigenvalue weighted by molar-refractivity contribution is 9.10. The van der Waals surface area contributed by atoms with Gasteiger partial charge >= 0.3 is 0 Å². The van der Waals surface area contributed by atoms with Crippen LogP contribution in [0.3, 0.4) is 0 Å². The number of anilines is 2. The highest BCUT2D eigenvalue weighted by Crippen LogP contribution is 2.26. The third-order valence-electron chi connectivity index (χ3n) is 2.58. The van der Waals surface area contributed by atoms with Gasteiger partial charge in [-0.3, -0.25) is 4.79 Å². The van der Waals surface area contributed by atoms with E-state index in [0.717, 1.165) is 23.3 Å². The van der Waals surface area contributed by atoms with E-state index in [1.165, 1.54) is 6.33 Å². The zero-order valence-corrected chi connectivity index (χ0v) is 14.8. The van der Waals surface area contributed by atoms with Crippen LogP contribution in [0, 0.1) is 0 Å². The maximum Gasteiger partial charge on any atom is 0.242 e. The summed E-state index contributed by atoms with van der Waals surface area (Å²) >= 11 is 3.47. The Morgan fingerprint density at radius 3 is 2.52 bits per heavy atom. The van der Waals surface area contributed by atoms with Crippen LogP contribution in [0.4, 0.5) is 11.6 Å². The summed E-state index contributed by atoms with van der Waals surface area (Å²) in [6, 6.07) is -0.394. The van der Waals surface area contributed by atoms with Gasteiger partial charge < -0.3 is 16.0 Å². The van der Waals surface area contributed by atoms with Gasteiger partial charge in [0.1, 0.15) is 28.5 Å². The molecular formula is C14H24BrN5O. The molecule has 0 aromatic carbocycles. The molecule has 6 nitrogen and oxygen atoms in total. The lowest BCUT2D eigenvalue weighted by atomic mass is 10.1. The Hall–Kier alpha value is -1.37.